The van der Waals surface area contributed by atoms with Crippen LogP contribution in [-0.4, -0.2) is 25.1 Å². The Bertz CT molecular complexity index is 468. The fraction of sp³-hybridized carbons (Fsp3) is 0.417. The third-order valence-electron chi connectivity index (χ3n) is 2.41. The number of esters is 1. The van der Waals surface area contributed by atoms with Gasteiger partial charge in [-0.3, -0.25) is 0 Å². The molecule has 2 N–H and O–H groups in total. The molecule has 1 rings (SSSR count). The Balaban J connectivity index is 3.07. The summed E-state index contributed by atoms with van der Waals surface area (Å²) in [6.07, 6.45) is 0. The molecule has 1 aromatic carbocycles. The first-order valence-electron chi connectivity index (χ1n) is 5.65. The Hall–Kier alpha value is -1.83. The van der Waals surface area contributed by atoms with Gasteiger partial charge in [-0.05, 0) is 13.0 Å². The molecule has 0 fully saturated rings. The van der Waals surface area contributed by atoms with Crippen LogP contribution in [0, 0.1) is 0 Å². The highest BCUT2D eigenvalue weighted by Gasteiger charge is 2.48. The fourth-order valence-electron chi connectivity index (χ4n) is 1.49. The van der Waals surface area contributed by atoms with Crippen molar-refractivity contribution in [3.8, 4) is 5.75 Å². The zero-order valence-corrected chi connectivity index (χ0v) is 10.5. The lowest BCUT2D eigenvalue weighted by atomic mass is 10.0. The number of alkyl halides is 4. The Morgan fingerprint density at radius 1 is 1.35 bits per heavy atom. The monoisotopic (exact) mass is 295 g/mol. The van der Waals surface area contributed by atoms with Gasteiger partial charge in [-0.2, -0.15) is 17.6 Å². The van der Waals surface area contributed by atoms with Gasteiger partial charge in [0.15, 0.2) is 0 Å². The van der Waals surface area contributed by atoms with E-state index in [0.717, 1.165) is 12.1 Å². The number of carbonyl (C=O) groups is 1. The van der Waals surface area contributed by atoms with Gasteiger partial charge in [-0.25, -0.2) is 4.79 Å². The standard InChI is InChI=1S/C12H13F4NO3/c1-2-19-10(18)12(15,16)9(17)7-5-3-4-6-8(7)20-11(13)14/h3-6,9,11H,2,17H2,1H3/t9-/m1/s1. The number of hydrogen-bond acceptors (Lipinski definition) is 4. The molecule has 0 aliphatic rings. The van der Waals surface area contributed by atoms with E-state index < -0.39 is 35.9 Å². The number of nitrogens with two attached hydrogens (primary N) is 1. The van der Waals surface area contributed by atoms with Gasteiger partial charge >= 0.3 is 18.5 Å². The first-order chi connectivity index (χ1) is 9.30. The molecule has 112 valence electrons. The molecule has 8 heteroatoms. The van der Waals surface area contributed by atoms with Crippen molar-refractivity contribution in [1.82, 2.24) is 0 Å². The van der Waals surface area contributed by atoms with Crippen molar-refractivity contribution < 1.29 is 31.8 Å². The molecule has 0 spiro atoms. The highest BCUT2D eigenvalue weighted by molar-refractivity contribution is 5.79. The van der Waals surface area contributed by atoms with Crippen LogP contribution in [0.25, 0.3) is 0 Å². The molecule has 0 amide bonds. The molecule has 0 unspecified atom stereocenters. The van der Waals surface area contributed by atoms with Crippen LogP contribution in [-0.2, 0) is 9.53 Å². The van der Waals surface area contributed by atoms with E-state index in [2.05, 4.69) is 9.47 Å². The molecule has 0 radical (unpaired) electrons. The van der Waals surface area contributed by atoms with Crippen molar-refractivity contribution in [1.29, 1.82) is 0 Å². The lowest BCUT2D eigenvalue weighted by Gasteiger charge is -2.23. The van der Waals surface area contributed by atoms with Crippen molar-refractivity contribution in [3.63, 3.8) is 0 Å². The molecular formula is C12H13F4NO3. The summed E-state index contributed by atoms with van der Waals surface area (Å²) >= 11 is 0. The number of ether oxygens (including phenoxy) is 2. The topological polar surface area (TPSA) is 61.5 Å². The van der Waals surface area contributed by atoms with Crippen LogP contribution in [0.15, 0.2) is 24.3 Å². The molecule has 0 saturated heterocycles. The molecule has 0 heterocycles. The summed E-state index contributed by atoms with van der Waals surface area (Å²) in [6, 6.07) is 2.61. The summed E-state index contributed by atoms with van der Waals surface area (Å²) < 4.78 is 60.2. The largest absolute Gasteiger partial charge is 0.462 e. The first kappa shape index (κ1) is 16.2. The van der Waals surface area contributed by atoms with Crippen molar-refractivity contribution in [2.75, 3.05) is 6.61 Å². The second-order valence-corrected chi connectivity index (χ2v) is 3.74. The van der Waals surface area contributed by atoms with E-state index in [-0.39, 0.29) is 6.61 Å². The minimum absolute atomic E-state index is 0.254. The maximum Gasteiger partial charge on any atom is 0.387 e. The molecule has 0 aliphatic carbocycles. The maximum atomic E-state index is 13.8. The molecule has 0 bridgehead atoms. The predicted molar refractivity (Wildman–Crippen MR) is 61.6 cm³/mol. The normalized spacial score (nSPS) is 13.2. The van der Waals surface area contributed by atoms with E-state index in [1.54, 1.807) is 0 Å². The lowest BCUT2D eigenvalue weighted by Crippen LogP contribution is -2.42. The fourth-order valence-corrected chi connectivity index (χ4v) is 1.49. The Kier molecular flexibility index (Phi) is 5.32. The van der Waals surface area contributed by atoms with Gasteiger partial charge in [0.25, 0.3) is 0 Å². The number of rotatable bonds is 6. The Labute approximate surface area is 112 Å². The predicted octanol–water partition coefficient (Wildman–Crippen LogP) is 2.49. The van der Waals surface area contributed by atoms with Crippen LogP contribution in [0.1, 0.15) is 18.5 Å². The molecule has 1 atom stereocenters. The number of halogens is 4. The zero-order valence-electron chi connectivity index (χ0n) is 10.5. The summed E-state index contributed by atoms with van der Waals surface area (Å²) in [5.74, 6) is -6.39. The van der Waals surface area contributed by atoms with Crippen molar-refractivity contribution in [2.45, 2.75) is 25.5 Å². The zero-order chi connectivity index (χ0) is 15.3. The summed E-state index contributed by atoms with van der Waals surface area (Å²) in [4.78, 5) is 11.2. The van der Waals surface area contributed by atoms with Crippen LogP contribution in [0.4, 0.5) is 17.6 Å². The van der Waals surface area contributed by atoms with Crippen LogP contribution >= 0.6 is 0 Å². The van der Waals surface area contributed by atoms with Gasteiger partial charge in [0.2, 0.25) is 0 Å². The van der Waals surface area contributed by atoms with Gasteiger partial charge in [-0.1, -0.05) is 18.2 Å². The summed E-state index contributed by atoms with van der Waals surface area (Å²) in [5.41, 5.74) is 4.89. The SMILES string of the molecule is CCOC(=O)C(F)(F)[C@H](N)c1ccccc1OC(F)F. The Morgan fingerprint density at radius 3 is 2.50 bits per heavy atom. The van der Waals surface area contributed by atoms with Gasteiger partial charge in [0.05, 0.1) is 6.61 Å². The maximum absolute atomic E-state index is 13.8. The lowest BCUT2D eigenvalue weighted by molar-refractivity contribution is -0.174. The summed E-state index contributed by atoms with van der Waals surface area (Å²) in [5, 5.41) is 0. The molecule has 0 aliphatic heterocycles. The molecular weight excluding hydrogens is 282 g/mol. The average molecular weight is 295 g/mol. The van der Waals surface area contributed by atoms with E-state index in [1.807, 2.05) is 0 Å². The van der Waals surface area contributed by atoms with E-state index >= 15 is 0 Å². The quantitative estimate of drug-likeness (QED) is 0.647. The van der Waals surface area contributed by atoms with Gasteiger partial charge < -0.3 is 15.2 Å². The average Bonchev–Trinajstić information content (AvgIpc) is 2.38. The molecule has 1 aromatic rings. The third-order valence-corrected chi connectivity index (χ3v) is 2.41. The van der Waals surface area contributed by atoms with E-state index in [9.17, 15) is 22.4 Å². The van der Waals surface area contributed by atoms with E-state index in [0.29, 0.717) is 0 Å². The number of benzene rings is 1. The minimum Gasteiger partial charge on any atom is -0.462 e. The highest BCUT2D eigenvalue weighted by Crippen LogP contribution is 2.35. The van der Waals surface area contributed by atoms with E-state index in [1.165, 1.54) is 19.1 Å². The number of carbonyl (C=O) groups excluding carboxylic acids is 1. The molecule has 0 aromatic heterocycles. The van der Waals surface area contributed by atoms with Crippen molar-refractivity contribution >= 4 is 5.97 Å². The van der Waals surface area contributed by atoms with Gasteiger partial charge in [0.1, 0.15) is 11.8 Å². The molecule has 4 nitrogen and oxygen atoms in total. The van der Waals surface area contributed by atoms with Crippen LogP contribution in [0.3, 0.4) is 0 Å². The summed E-state index contributed by atoms with van der Waals surface area (Å²) in [7, 11) is 0. The number of hydrogen-bond donors (Lipinski definition) is 1. The van der Waals surface area contributed by atoms with Crippen molar-refractivity contribution in [2.24, 2.45) is 5.73 Å². The number of para-hydroxylation sites is 1. The Morgan fingerprint density at radius 2 is 1.95 bits per heavy atom. The molecule has 20 heavy (non-hydrogen) atoms. The molecule has 0 saturated carbocycles. The second kappa shape index (κ2) is 6.56. The third kappa shape index (κ3) is 3.60. The first-order valence-corrected chi connectivity index (χ1v) is 5.65. The van der Waals surface area contributed by atoms with Gasteiger partial charge in [0, 0.05) is 5.56 Å². The highest BCUT2D eigenvalue weighted by atomic mass is 19.3. The van der Waals surface area contributed by atoms with Crippen LogP contribution < -0.4 is 10.5 Å². The van der Waals surface area contributed by atoms with Gasteiger partial charge in [-0.15, -0.1) is 0 Å². The smallest absolute Gasteiger partial charge is 0.387 e. The minimum atomic E-state index is -4.06. The summed E-state index contributed by atoms with van der Waals surface area (Å²) in [6.45, 7) is -2.09. The van der Waals surface area contributed by atoms with Crippen LogP contribution in [0.5, 0.6) is 5.75 Å². The van der Waals surface area contributed by atoms with E-state index in [4.69, 9.17) is 5.73 Å². The van der Waals surface area contributed by atoms with Crippen molar-refractivity contribution in [3.05, 3.63) is 29.8 Å². The van der Waals surface area contributed by atoms with Crippen LogP contribution in [0.2, 0.25) is 0 Å². The second-order valence-electron chi connectivity index (χ2n) is 3.74.